The van der Waals surface area contributed by atoms with Gasteiger partial charge in [0.15, 0.2) is 5.84 Å². The van der Waals surface area contributed by atoms with E-state index in [1.807, 2.05) is 60.7 Å². The van der Waals surface area contributed by atoms with E-state index in [0.717, 1.165) is 16.8 Å². The van der Waals surface area contributed by atoms with Crippen molar-refractivity contribution in [2.75, 3.05) is 4.90 Å². The topological polar surface area (TPSA) is 70.4 Å². The van der Waals surface area contributed by atoms with Gasteiger partial charge in [0, 0.05) is 50.0 Å². The molecule has 0 aliphatic carbocycles. The van der Waals surface area contributed by atoms with E-state index in [9.17, 15) is 0 Å². The fourth-order valence-electron chi connectivity index (χ4n) is 7.75. The van der Waals surface area contributed by atoms with Gasteiger partial charge in [-0.1, -0.05) is 157 Å². The van der Waals surface area contributed by atoms with E-state index in [0.29, 0.717) is 5.84 Å². The van der Waals surface area contributed by atoms with E-state index in [1.165, 1.54) is 66.7 Å². The summed E-state index contributed by atoms with van der Waals surface area (Å²) in [5.41, 5.74) is 20.9. The van der Waals surface area contributed by atoms with Crippen LogP contribution in [0, 0.1) is 12.3 Å². The number of hydrogen-bond acceptors (Lipinski definition) is 2. The number of nitrogens with zero attached hydrogens (tertiary/aromatic N) is 3. The molecule has 0 amide bonds. The lowest BCUT2D eigenvalue weighted by molar-refractivity contribution is 1.17. The van der Waals surface area contributed by atoms with Crippen LogP contribution in [-0.4, -0.2) is 16.2 Å². The molecule has 0 atom stereocenters. The summed E-state index contributed by atoms with van der Waals surface area (Å²) in [6, 6.07) is 69.5. The Kier molecular flexibility index (Phi) is 9.02. The normalized spacial score (nSPS) is 11.9. The van der Waals surface area contributed by atoms with Gasteiger partial charge in [0.25, 0.3) is 0 Å². The van der Waals surface area contributed by atoms with E-state index >= 15 is 0 Å². The highest BCUT2D eigenvalue weighted by Crippen LogP contribution is 2.53. The predicted octanol–water partition coefficient (Wildman–Crippen LogP) is 12.6. The first-order valence-corrected chi connectivity index (χ1v) is 18.8. The van der Waals surface area contributed by atoms with Crippen molar-refractivity contribution in [2.24, 2.45) is 10.7 Å². The van der Waals surface area contributed by atoms with Crippen LogP contribution in [0.1, 0.15) is 16.7 Å². The Labute approximate surface area is 326 Å². The highest BCUT2D eigenvalue weighted by molar-refractivity contribution is 6.21. The zero-order chi connectivity index (χ0) is 38.0. The lowest BCUT2D eigenvalue weighted by atomic mass is 9.90. The van der Waals surface area contributed by atoms with Gasteiger partial charge in [-0.25, -0.2) is 4.99 Å². The molecule has 10 rings (SSSR count). The molecular formula is C51H39N5. The first-order chi connectivity index (χ1) is 27.6. The second-order valence-electron chi connectivity index (χ2n) is 13.9. The Morgan fingerprint density at radius 1 is 0.482 bits per heavy atom. The first-order valence-electron chi connectivity index (χ1n) is 18.8. The molecule has 0 unspecified atom stereocenters. The minimum atomic E-state index is 0.173. The molecular weight excluding hydrogens is 683 g/mol. The van der Waals surface area contributed by atoms with Crippen molar-refractivity contribution in [3.8, 4) is 27.9 Å². The molecule has 0 spiro atoms. The summed E-state index contributed by atoms with van der Waals surface area (Å²) in [5, 5.41) is 10.4. The third-order valence-electron chi connectivity index (χ3n) is 10.3. The summed E-state index contributed by atoms with van der Waals surface area (Å²) in [7, 11) is 0. The molecule has 1 aromatic heterocycles. The summed E-state index contributed by atoms with van der Waals surface area (Å²) in [4.78, 5) is 6.51. The van der Waals surface area contributed by atoms with Crippen molar-refractivity contribution >= 4 is 50.5 Å². The van der Waals surface area contributed by atoms with Crippen LogP contribution in [0.15, 0.2) is 205 Å². The second-order valence-corrected chi connectivity index (χ2v) is 13.9. The average molecular weight is 722 g/mol. The molecule has 5 heteroatoms. The van der Waals surface area contributed by atoms with E-state index in [2.05, 4.69) is 161 Å². The van der Waals surface area contributed by atoms with Crippen LogP contribution < -0.4 is 10.6 Å². The highest BCUT2D eigenvalue weighted by atomic mass is 15.1. The van der Waals surface area contributed by atoms with Crippen LogP contribution >= 0.6 is 0 Å². The van der Waals surface area contributed by atoms with E-state index in [-0.39, 0.29) is 5.84 Å². The maximum absolute atomic E-state index is 7.84. The van der Waals surface area contributed by atoms with Crippen molar-refractivity contribution < 1.29 is 0 Å². The minimum Gasteiger partial charge on any atom is -0.383 e. The maximum Gasteiger partial charge on any atom is 0.154 e. The summed E-state index contributed by atoms with van der Waals surface area (Å²) in [6.07, 6.45) is 0. The van der Waals surface area contributed by atoms with Gasteiger partial charge >= 0.3 is 0 Å². The molecule has 8 aromatic carbocycles. The Hall–Kier alpha value is -7.50. The lowest BCUT2D eigenvalue weighted by Gasteiger charge is -2.27. The molecule has 0 bridgehead atoms. The van der Waals surface area contributed by atoms with Crippen molar-refractivity contribution in [2.45, 2.75) is 6.92 Å². The number of benzene rings is 8. The fourth-order valence-corrected chi connectivity index (χ4v) is 7.75. The third-order valence-corrected chi connectivity index (χ3v) is 10.3. The molecule has 2 heterocycles. The van der Waals surface area contributed by atoms with E-state index < -0.39 is 0 Å². The molecule has 0 saturated heterocycles. The molecule has 56 heavy (non-hydrogen) atoms. The van der Waals surface area contributed by atoms with Gasteiger partial charge < -0.3 is 15.2 Å². The number of hydrogen-bond donors (Lipinski definition) is 2. The fraction of sp³-hybridized carbons (Fsp3) is 0.0196. The zero-order valence-corrected chi connectivity index (χ0v) is 31.0. The van der Waals surface area contributed by atoms with E-state index in [1.54, 1.807) is 0 Å². The first kappa shape index (κ1) is 34.3. The Balaban J connectivity index is 0.000000203. The largest absolute Gasteiger partial charge is 0.383 e. The van der Waals surface area contributed by atoms with Crippen LogP contribution in [0.25, 0.3) is 49.7 Å². The Bertz CT molecular complexity index is 2870. The molecule has 3 N–H and O–H groups in total. The van der Waals surface area contributed by atoms with Gasteiger partial charge in [-0.2, -0.15) is 0 Å². The zero-order valence-electron chi connectivity index (χ0n) is 31.0. The summed E-state index contributed by atoms with van der Waals surface area (Å²) >= 11 is 0. The van der Waals surface area contributed by atoms with E-state index in [4.69, 9.17) is 11.1 Å². The van der Waals surface area contributed by atoms with Crippen molar-refractivity contribution in [1.82, 2.24) is 4.57 Å². The number of amidine groups is 2. The van der Waals surface area contributed by atoms with Crippen LogP contribution in [-0.2, 0) is 0 Å². The van der Waals surface area contributed by atoms with Crippen molar-refractivity contribution in [1.29, 1.82) is 5.41 Å². The monoisotopic (exact) mass is 721 g/mol. The molecule has 0 radical (unpaired) electrons. The summed E-state index contributed by atoms with van der Waals surface area (Å²) in [5.74, 6) is 0.534. The molecule has 0 fully saturated rings. The SMILES string of the molecule is Cc1ccc(-n2c3ccccc3c3c4c(ccc32)-c2ccccc2N(c2ccccc2)c2ccccc2-4)cc1.N=C(N=C(N)c1ccccc1)c1ccccc1. The highest BCUT2D eigenvalue weighted by Gasteiger charge is 2.28. The number of anilines is 3. The Morgan fingerprint density at radius 3 is 1.73 bits per heavy atom. The van der Waals surface area contributed by atoms with Gasteiger partial charge in [-0.3, -0.25) is 5.41 Å². The summed E-state index contributed by atoms with van der Waals surface area (Å²) in [6.45, 7) is 2.14. The maximum atomic E-state index is 7.84. The van der Waals surface area contributed by atoms with Gasteiger partial charge in [0.2, 0.25) is 0 Å². The summed E-state index contributed by atoms with van der Waals surface area (Å²) < 4.78 is 2.42. The smallest absolute Gasteiger partial charge is 0.154 e. The van der Waals surface area contributed by atoms with Gasteiger partial charge in [-0.15, -0.1) is 0 Å². The standard InChI is InChI=1S/C37H26N2.C14H13N3/c1-25-19-21-27(22-20-25)39-34-18-10-7-15-31(34)37-35(39)24-23-29-28-13-5-8-16-32(28)38(26-11-3-2-4-12-26)33-17-9-6-14-30(33)36(29)37;15-13(11-7-3-1-4-8-11)17-14(16)12-9-5-2-6-10-12/h2-24H,1H3;1-10H,(H3,15,16,17). The molecule has 1 aliphatic rings. The third kappa shape index (κ3) is 6.21. The number of aryl methyl sites for hydroxylation is 1. The number of rotatable bonds is 4. The number of nitrogens with two attached hydrogens (primary N) is 1. The number of aromatic nitrogens is 1. The molecule has 9 aromatic rings. The Morgan fingerprint density at radius 2 is 1.04 bits per heavy atom. The van der Waals surface area contributed by atoms with Gasteiger partial charge in [-0.05, 0) is 61.0 Å². The van der Waals surface area contributed by atoms with Gasteiger partial charge in [0.05, 0.1) is 22.4 Å². The van der Waals surface area contributed by atoms with Gasteiger partial charge in [0.1, 0.15) is 5.84 Å². The quantitative estimate of drug-likeness (QED) is 0.140. The molecule has 268 valence electrons. The second kappa shape index (κ2) is 14.7. The minimum absolute atomic E-state index is 0.173. The van der Waals surface area contributed by atoms with Crippen molar-refractivity contribution in [3.05, 3.63) is 217 Å². The molecule has 5 nitrogen and oxygen atoms in total. The molecule has 0 saturated carbocycles. The predicted molar refractivity (Wildman–Crippen MR) is 235 cm³/mol. The van der Waals surface area contributed by atoms with Crippen LogP contribution in [0.5, 0.6) is 0 Å². The van der Waals surface area contributed by atoms with Crippen LogP contribution in [0.4, 0.5) is 17.1 Å². The number of nitrogens with one attached hydrogen (secondary N) is 1. The number of fused-ring (bicyclic) bond motifs is 9. The number of para-hydroxylation sites is 4. The lowest BCUT2D eigenvalue weighted by Crippen LogP contribution is -2.15. The van der Waals surface area contributed by atoms with Crippen LogP contribution in [0.2, 0.25) is 0 Å². The molecule has 1 aliphatic heterocycles. The number of aliphatic imine (C=N–C) groups is 1. The average Bonchev–Trinajstić information content (AvgIpc) is 3.53. The van der Waals surface area contributed by atoms with Crippen LogP contribution in [0.3, 0.4) is 0 Å². The van der Waals surface area contributed by atoms with Crippen molar-refractivity contribution in [3.63, 3.8) is 0 Å².